The largest absolute Gasteiger partial charge is 0.353 e. The lowest BCUT2D eigenvalue weighted by atomic mass is 9.97. The normalized spacial score (nSPS) is 36.6. The predicted molar refractivity (Wildman–Crippen MR) is 71.4 cm³/mol. The van der Waals surface area contributed by atoms with E-state index in [0.29, 0.717) is 18.5 Å². The van der Waals surface area contributed by atoms with Gasteiger partial charge in [-0.25, -0.2) is 0 Å². The van der Waals surface area contributed by atoms with Crippen LogP contribution in [0.25, 0.3) is 0 Å². The van der Waals surface area contributed by atoms with Crippen LogP contribution in [-0.2, 0) is 4.79 Å². The van der Waals surface area contributed by atoms with Crippen molar-refractivity contribution in [3.63, 3.8) is 0 Å². The second kappa shape index (κ2) is 5.57. The van der Waals surface area contributed by atoms with Crippen molar-refractivity contribution in [1.29, 1.82) is 0 Å². The molecule has 4 heteroatoms. The van der Waals surface area contributed by atoms with Gasteiger partial charge in [0.05, 0.1) is 0 Å². The summed E-state index contributed by atoms with van der Waals surface area (Å²) in [7, 11) is 0. The molecule has 3 aliphatic rings. The lowest BCUT2D eigenvalue weighted by Gasteiger charge is -2.35. The van der Waals surface area contributed by atoms with E-state index in [0.717, 1.165) is 25.4 Å². The number of carbonyl (C=O) groups is 1. The number of hydrogen-bond acceptors (Lipinski definition) is 3. The number of nitrogens with one attached hydrogen (secondary N) is 2. The Balaban J connectivity index is 1.43. The number of piperidine rings is 1. The van der Waals surface area contributed by atoms with Crippen LogP contribution in [-0.4, -0.2) is 48.6 Å². The van der Waals surface area contributed by atoms with Gasteiger partial charge in [0.2, 0.25) is 5.91 Å². The van der Waals surface area contributed by atoms with E-state index >= 15 is 0 Å². The van der Waals surface area contributed by atoms with E-state index in [2.05, 4.69) is 15.5 Å². The molecule has 0 radical (unpaired) electrons. The second-order valence-electron chi connectivity index (χ2n) is 6.12. The van der Waals surface area contributed by atoms with Crippen molar-refractivity contribution in [2.75, 3.05) is 19.6 Å². The summed E-state index contributed by atoms with van der Waals surface area (Å²) in [6, 6.07) is 1.60. The molecule has 0 aromatic carbocycles. The summed E-state index contributed by atoms with van der Waals surface area (Å²) in [4.78, 5) is 14.6. The standard InChI is InChI=1S/C14H25N3O/c18-14(10-11-3-1-6-15-11)16-12-5-8-17-7-2-4-13(17)9-12/h11-13,15H,1-10H2,(H,16,18). The topological polar surface area (TPSA) is 44.4 Å². The van der Waals surface area contributed by atoms with Crippen molar-refractivity contribution in [3.8, 4) is 0 Å². The van der Waals surface area contributed by atoms with Crippen LogP contribution in [0, 0.1) is 0 Å². The van der Waals surface area contributed by atoms with Gasteiger partial charge in [-0.3, -0.25) is 4.79 Å². The van der Waals surface area contributed by atoms with Gasteiger partial charge < -0.3 is 15.5 Å². The Labute approximate surface area is 109 Å². The van der Waals surface area contributed by atoms with Crippen molar-refractivity contribution in [3.05, 3.63) is 0 Å². The molecule has 2 N–H and O–H groups in total. The summed E-state index contributed by atoms with van der Waals surface area (Å²) in [5, 5.41) is 6.65. The predicted octanol–water partition coefficient (Wildman–Crippen LogP) is 0.872. The zero-order valence-electron chi connectivity index (χ0n) is 11.2. The first-order valence-corrected chi connectivity index (χ1v) is 7.58. The maximum Gasteiger partial charge on any atom is 0.221 e. The zero-order chi connectivity index (χ0) is 12.4. The smallest absolute Gasteiger partial charge is 0.221 e. The van der Waals surface area contributed by atoms with E-state index in [1.807, 2.05) is 0 Å². The minimum absolute atomic E-state index is 0.255. The summed E-state index contributed by atoms with van der Waals surface area (Å²) in [6.45, 7) is 3.53. The molecule has 0 saturated carbocycles. The van der Waals surface area contributed by atoms with Gasteiger partial charge >= 0.3 is 0 Å². The Bertz CT molecular complexity index is 301. The molecule has 4 nitrogen and oxygen atoms in total. The van der Waals surface area contributed by atoms with Crippen molar-refractivity contribution < 1.29 is 4.79 Å². The molecule has 3 aliphatic heterocycles. The number of nitrogens with zero attached hydrogens (tertiary/aromatic N) is 1. The summed E-state index contributed by atoms with van der Waals surface area (Å²) in [6.07, 6.45) is 8.04. The number of fused-ring (bicyclic) bond motifs is 1. The van der Waals surface area contributed by atoms with Gasteiger partial charge in [0.25, 0.3) is 0 Å². The quantitative estimate of drug-likeness (QED) is 0.782. The highest BCUT2D eigenvalue weighted by atomic mass is 16.1. The molecule has 0 spiro atoms. The summed E-state index contributed by atoms with van der Waals surface area (Å²) < 4.78 is 0. The lowest BCUT2D eigenvalue weighted by Crippen LogP contribution is -2.48. The average Bonchev–Trinajstić information content (AvgIpc) is 2.98. The summed E-state index contributed by atoms with van der Waals surface area (Å²) in [5.74, 6) is 0.255. The molecule has 3 rings (SSSR count). The molecule has 0 aromatic rings. The molecule has 18 heavy (non-hydrogen) atoms. The van der Waals surface area contributed by atoms with Gasteiger partial charge in [-0.15, -0.1) is 0 Å². The molecule has 0 aromatic heterocycles. The third-order valence-electron chi connectivity index (χ3n) is 4.78. The van der Waals surface area contributed by atoms with Crippen molar-refractivity contribution >= 4 is 5.91 Å². The zero-order valence-corrected chi connectivity index (χ0v) is 11.2. The fourth-order valence-electron chi connectivity index (χ4n) is 3.80. The Morgan fingerprint density at radius 3 is 3.00 bits per heavy atom. The van der Waals surface area contributed by atoms with E-state index in [1.165, 1.54) is 38.8 Å². The molecule has 3 fully saturated rings. The number of amides is 1. The van der Waals surface area contributed by atoms with Gasteiger partial charge in [0.15, 0.2) is 0 Å². The molecule has 0 bridgehead atoms. The first-order valence-electron chi connectivity index (χ1n) is 7.58. The van der Waals surface area contributed by atoms with E-state index in [1.54, 1.807) is 0 Å². The van der Waals surface area contributed by atoms with Crippen LogP contribution in [0.3, 0.4) is 0 Å². The molecule has 3 unspecified atom stereocenters. The van der Waals surface area contributed by atoms with Crippen molar-refractivity contribution in [2.45, 2.75) is 63.1 Å². The SMILES string of the molecule is O=C(CC1CCCN1)NC1CCN2CCCC2C1. The minimum atomic E-state index is 0.255. The van der Waals surface area contributed by atoms with Gasteiger partial charge in [0, 0.05) is 31.1 Å². The number of carbonyl (C=O) groups excluding carboxylic acids is 1. The summed E-state index contributed by atoms with van der Waals surface area (Å²) >= 11 is 0. The van der Waals surface area contributed by atoms with Crippen LogP contribution < -0.4 is 10.6 Å². The summed E-state index contributed by atoms with van der Waals surface area (Å²) in [5.41, 5.74) is 0. The van der Waals surface area contributed by atoms with Crippen LogP contribution in [0.4, 0.5) is 0 Å². The van der Waals surface area contributed by atoms with E-state index in [9.17, 15) is 4.79 Å². The number of hydrogen-bond donors (Lipinski definition) is 2. The highest BCUT2D eigenvalue weighted by Crippen LogP contribution is 2.26. The number of rotatable bonds is 3. The van der Waals surface area contributed by atoms with Gasteiger partial charge in [-0.05, 0) is 51.6 Å². The molecule has 0 aliphatic carbocycles. The minimum Gasteiger partial charge on any atom is -0.353 e. The van der Waals surface area contributed by atoms with Crippen molar-refractivity contribution in [1.82, 2.24) is 15.5 Å². The molecule has 3 atom stereocenters. The Morgan fingerprint density at radius 2 is 2.17 bits per heavy atom. The highest BCUT2D eigenvalue weighted by molar-refractivity contribution is 5.77. The fraction of sp³-hybridized carbons (Fsp3) is 0.929. The highest BCUT2D eigenvalue weighted by Gasteiger charge is 2.32. The first-order chi connectivity index (χ1) is 8.81. The Morgan fingerprint density at radius 1 is 1.22 bits per heavy atom. The van der Waals surface area contributed by atoms with E-state index in [-0.39, 0.29) is 5.91 Å². The molecular formula is C14H25N3O. The monoisotopic (exact) mass is 251 g/mol. The van der Waals surface area contributed by atoms with Gasteiger partial charge in [-0.1, -0.05) is 0 Å². The lowest BCUT2D eigenvalue weighted by molar-refractivity contribution is -0.122. The maximum absolute atomic E-state index is 12.0. The molecule has 3 saturated heterocycles. The van der Waals surface area contributed by atoms with E-state index in [4.69, 9.17) is 0 Å². The maximum atomic E-state index is 12.0. The molecule has 1 amide bonds. The second-order valence-corrected chi connectivity index (χ2v) is 6.12. The van der Waals surface area contributed by atoms with Crippen LogP contribution in [0.15, 0.2) is 0 Å². The Hall–Kier alpha value is -0.610. The van der Waals surface area contributed by atoms with Crippen LogP contribution in [0.1, 0.15) is 44.9 Å². The third-order valence-corrected chi connectivity index (χ3v) is 4.78. The van der Waals surface area contributed by atoms with Crippen LogP contribution in [0.5, 0.6) is 0 Å². The van der Waals surface area contributed by atoms with E-state index < -0.39 is 0 Å². The third kappa shape index (κ3) is 2.86. The molecular weight excluding hydrogens is 226 g/mol. The van der Waals surface area contributed by atoms with Crippen molar-refractivity contribution in [2.24, 2.45) is 0 Å². The average molecular weight is 251 g/mol. The van der Waals surface area contributed by atoms with Gasteiger partial charge in [-0.2, -0.15) is 0 Å². The van der Waals surface area contributed by atoms with Crippen LogP contribution >= 0.6 is 0 Å². The Kier molecular flexibility index (Phi) is 3.85. The van der Waals surface area contributed by atoms with Crippen LogP contribution in [0.2, 0.25) is 0 Å². The molecule has 102 valence electrons. The molecule has 3 heterocycles. The first kappa shape index (κ1) is 12.4. The fourth-order valence-corrected chi connectivity index (χ4v) is 3.80. The van der Waals surface area contributed by atoms with Gasteiger partial charge in [0.1, 0.15) is 0 Å².